The zero-order valence-corrected chi connectivity index (χ0v) is 8.05. The van der Waals surface area contributed by atoms with Crippen molar-refractivity contribution in [1.29, 1.82) is 0 Å². The molecular weight excluding hydrogens is 186 g/mol. The third-order valence-electron chi connectivity index (χ3n) is 2.39. The van der Waals surface area contributed by atoms with Crippen molar-refractivity contribution >= 4 is 11.6 Å². The summed E-state index contributed by atoms with van der Waals surface area (Å²) in [5.41, 5.74) is 7.95. The lowest BCUT2D eigenvalue weighted by molar-refractivity contribution is 0.0485. The fourth-order valence-corrected chi connectivity index (χ4v) is 2.01. The topological polar surface area (TPSA) is 35.2 Å². The molecule has 1 aromatic rings. The van der Waals surface area contributed by atoms with E-state index in [2.05, 4.69) is 0 Å². The van der Waals surface area contributed by atoms with Gasteiger partial charge in [-0.1, -0.05) is 23.7 Å². The molecule has 3 heteroatoms. The molecule has 2 N–H and O–H groups in total. The Hall–Kier alpha value is -0.570. The van der Waals surface area contributed by atoms with Crippen molar-refractivity contribution in [2.45, 2.75) is 12.5 Å². The van der Waals surface area contributed by atoms with Gasteiger partial charge in [-0.15, -0.1) is 0 Å². The predicted octanol–water partition coefficient (Wildman–Crippen LogP) is 1.91. The van der Waals surface area contributed by atoms with Crippen LogP contribution in [0.15, 0.2) is 18.2 Å². The van der Waals surface area contributed by atoms with Gasteiger partial charge in [0.1, 0.15) is 0 Å². The highest BCUT2D eigenvalue weighted by Gasteiger charge is 2.20. The summed E-state index contributed by atoms with van der Waals surface area (Å²) in [6.45, 7) is 1.24. The molecule has 0 spiro atoms. The first-order valence-corrected chi connectivity index (χ1v) is 4.79. The Labute approximate surface area is 82.6 Å². The standard InChI is InChI=1S/C10H12ClNO/c11-9-3-1-2-8-7(9)4-5-13-10(8)6-12/h1-3,10H,4-6,12H2/t10-/m0/s1. The van der Waals surface area contributed by atoms with E-state index in [1.807, 2.05) is 18.2 Å². The first kappa shape index (κ1) is 9.00. The fraction of sp³-hybridized carbons (Fsp3) is 0.400. The summed E-state index contributed by atoms with van der Waals surface area (Å²) < 4.78 is 5.52. The largest absolute Gasteiger partial charge is 0.372 e. The van der Waals surface area contributed by atoms with Gasteiger partial charge in [-0.05, 0) is 23.6 Å². The van der Waals surface area contributed by atoms with E-state index in [0.717, 1.165) is 23.6 Å². The average Bonchev–Trinajstić information content (AvgIpc) is 2.18. The minimum atomic E-state index is 0.0300. The molecule has 1 atom stereocenters. The molecule has 0 aliphatic carbocycles. The summed E-state index contributed by atoms with van der Waals surface area (Å²) in [5.74, 6) is 0. The molecular formula is C10H12ClNO. The van der Waals surface area contributed by atoms with E-state index in [9.17, 15) is 0 Å². The molecule has 2 rings (SSSR count). The molecule has 0 fully saturated rings. The van der Waals surface area contributed by atoms with Crippen LogP contribution in [-0.4, -0.2) is 13.2 Å². The Morgan fingerprint density at radius 1 is 1.54 bits per heavy atom. The summed E-state index contributed by atoms with van der Waals surface area (Å²) in [5, 5.41) is 0.833. The van der Waals surface area contributed by atoms with Gasteiger partial charge >= 0.3 is 0 Å². The number of benzene rings is 1. The maximum Gasteiger partial charge on any atom is 0.0950 e. The lowest BCUT2D eigenvalue weighted by Crippen LogP contribution is -2.23. The highest BCUT2D eigenvalue weighted by atomic mass is 35.5. The molecule has 1 heterocycles. The number of rotatable bonds is 1. The summed E-state index contributed by atoms with van der Waals surface area (Å²) in [6, 6.07) is 5.90. The van der Waals surface area contributed by atoms with Crippen molar-refractivity contribution in [3.63, 3.8) is 0 Å². The summed E-state index contributed by atoms with van der Waals surface area (Å²) in [7, 11) is 0. The van der Waals surface area contributed by atoms with Gasteiger partial charge in [0.25, 0.3) is 0 Å². The number of ether oxygens (including phenoxy) is 1. The van der Waals surface area contributed by atoms with Crippen molar-refractivity contribution in [2.75, 3.05) is 13.2 Å². The third kappa shape index (κ3) is 1.57. The molecule has 13 heavy (non-hydrogen) atoms. The SMILES string of the molecule is NC[C@@H]1OCCc2c(Cl)cccc21. The van der Waals surface area contributed by atoms with E-state index in [1.165, 1.54) is 5.56 Å². The van der Waals surface area contributed by atoms with Gasteiger partial charge in [0.2, 0.25) is 0 Å². The van der Waals surface area contributed by atoms with Gasteiger partial charge < -0.3 is 10.5 Å². The average molecular weight is 198 g/mol. The normalized spacial score (nSPS) is 21.2. The maximum absolute atomic E-state index is 6.07. The van der Waals surface area contributed by atoms with E-state index in [4.69, 9.17) is 22.1 Å². The minimum absolute atomic E-state index is 0.0300. The first-order chi connectivity index (χ1) is 6.33. The minimum Gasteiger partial charge on any atom is -0.372 e. The third-order valence-corrected chi connectivity index (χ3v) is 2.74. The number of hydrogen-bond acceptors (Lipinski definition) is 2. The molecule has 1 aliphatic heterocycles. The van der Waals surface area contributed by atoms with Gasteiger partial charge in [-0.3, -0.25) is 0 Å². The molecule has 0 unspecified atom stereocenters. The zero-order valence-electron chi connectivity index (χ0n) is 7.29. The second-order valence-electron chi connectivity index (χ2n) is 3.15. The second-order valence-corrected chi connectivity index (χ2v) is 3.56. The van der Waals surface area contributed by atoms with Crippen LogP contribution < -0.4 is 5.73 Å². The smallest absolute Gasteiger partial charge is 0.0950 e. The van der Waals surface area contributed by atoms with Crippen LogP contribution in [0.2, 0.25) is 5.02 Å². The van der Waals surface area contributed by atoms with Crippen molar-refractivity contribution in [3.05, 3.63) is 34.3 Å². The van der Waals surface area contributed by atoms with E-state index >= 15 is 0 Å². The molecule has 0 aromatic heterocycles. The van der Waals surface area contributed by atoms with E-state index in [0.29, 0.717) is 6.54 Å². The van der Waals surface area contributed by atoms with Crippen LogP contribution in [0, 0.1) is 0 Å². The lowest BCUT2D eigenvalue weighted by atomic mass is 9.97. The summed E-state index contributed by atoms with van der Waals surface area (Å²) in [6.07, 6.45) is 0.924. The van der Waals surface area contributed by atoms with E-state index in [1.54, 1.807) is 0 Å². The maximum atomic E-state index is 6.07. The molecule has 1 aromatic carbocycles. The fourth-order valence-electron chi connectivity index (χ4n) is 1.73. The molecule has 0 amide bonds. The van der Waals surface area contributed by atoms with Crippen LogP contribution in [0.3, 0.4) is 0 Å². The van der Waals surface area contributed by atoms with Crippen LogP contribution in [0.5, 0.6) is 0 Å². The highest BCUT2D eigenvalue weighted by molar-refractivity contribution is 6.31. The van der Waals surface area contributed by atoms with Crippen molar-refractivity contribution in [2.24, 2.45) is 5.73 Å². The molecule has 0 saturated heterocycles. The highest BCUT2D eigenvalue weighted by Crippen LogP contribution is 2.30. The van der Waals surface area contributed by atoms with Crippen LogP contribution >= 0.6 is 11.6 Å². The Kier molecular flexibility index (Phi) is 2.54. The Bertz CT molecular complexity index is 314. The van der Waals surface area contributed by atoms with E-state index in [-0.39, 0.29) is 6.10 Å². The van der Waals surface area contributed by atoms with Gasteiger partial charge in [0.15, 0.2) is 0 Å². The predicted molar refractivity (Wildman–Crippen MR) is 52.9 cm³/mol. The molecule has 1 aliphatic rings. The van der Waals surface area contributed by atoms with Crippen LogP contribution in [-0.2, 0) is 11.2 Å². The molecule has 2 nitrogen and oxygen atoms in total. The number of fused-ring (bicyclic) bond motifs is 1. The number of halogens is 1. The lowest BCUT2D eigenvalue weighted by Gasteiger charge is -2.25. The van der Waals surface area contributed by atoms with Crippen LogP contribution in [0.1, 0.15) is 17.2 Å². The van der Waals surface area contributed by atoms with Crippen molar-refractivity contribution in [3.8, 4) is 0 Å². The molecule has 0 radical (unpaired) electrons. The van der Waals surface area contributed by atoms with Crippen LogP contribution in [0.4, 0.5) is 0 Å². The number of hydrogen-bond donors (Lipinski definition) is 1. The monoisotopic (exact) mass is 197 g/mol. The zero-order chi connectivity index (χ0) is 9.26. The summed E-state index contributed by atoms with van der Waals surface area (Å²) >= 11 is 6.07. The number of nitrogens with two attached hydrogens (primary N) is 1. The summed E-state index contributed by atoms with van der Waals surface area (Å²) in [4.78, 5) is 0. The Morgan fingerprint density at radius 2 is 2.38 bits per heavy atom. The molecule has 70 valence electrons. The van der Waals surface area contributed by atoms with Gasteiger partial charge in [-0.25, -0.2) is 0 Å². The molecule has 0 saturated carbocycles. The van der Waals surface area contributed by atoms with E-state index < -0.39 is 0 Å². The first-order valence-electron chi connectivity index (χ1n) is 4.42. The van der Waals surface area contributed by atoms with Gasteiger partial charge in [0, 0.05) is 11.6 Å². The van der Waals surface area contributed by atoms with Crippen molar-refractivity contribution < 1.29 is 4.74 Å². The van der Waals surface area contributed by atoms with Crippen LogP contribution in [0.25, 0.3) is 0 Å². The Balaban J connectivity index is 2.45. The quantitative estimate of drug-likeness (QED) is 0.747. The van der Waals surface area contributed by atoms with Gasteiger partial charge in [0.05, 0.1) is 12.7 Å². The second kappa shape index (κ2) is 3.66. The van der Waals surface area contributed by atoms with Crippen molar-refractivity contribution in [1.82, 2.24) is 0 Å². The van der Waals surface area contributed by atoms with Gasteiger partial charge in [-0.2, -0.15) is 0 Å². The molecule has 0 bridgehead atoms. The Morgan fingerprint density at radius 3 is 3.15 bits per heavy atom.